The van der Waals surface area contributed by atoms with Crippen molar-refractivity contribution >= 4 is 17.7 Å². The van der Waals surface area contributed by atoms with Crippen molar-refractivity contribution in [2.24, 2.45) is 12.0 Å². The molecule has 3 aliphatic heterocycles. The van der Waals surface area contributed by atoms with Gasteiger partial charge in [-0.25, -0.2) is 23.7 Å². The average Bonchev–Trinajstić information content (AvgIpc) is 3.35. The number of fused-ring (bicyclic) bond motifs is 2. The summed E-state index contributed by atoms with van der Waals surface area (Å²) in [6.45, 7) is 5.30. The van der Waals surface area contributed by atoms with Gasteiger partial charge < -0.3 is 19.6 Å². The third-order valence-corrected chi connectivity index (χ3v) is 6.77. The average molecular weight is 540 g/mol. The Morgan fingerprint density at radius 1 is 1.20 bits per heavy atom. The van der Waals surface area contributed by atoms with Gasteiger partial charge in [0.2, 0.25) is 0 Å². The van der Waals surface area contributed by atoms with E-state index < -0.39 is 17.6 Å². The number of rotatable bonds is 5. The van der Waals surface area contributed by atoms with Crippen molar-refractivity contribution < 1.29 is 18.3 Å². The Labute approximate surface area is 226 Å². The van der Waals surface area contributed by atoms with Crippen LogP contribution < -0.4 is 20.8 Å². The normalized spacial score (nSPS) is 13.1. The molecule has 2 aromatic rings. The molecule has 1 aliphatic carbocycles. The molecule has 0 saturated heterocycles. The van der Waals surface area contributed by atoms with Gasteiger partial charge in [0.15, 0.2) is 5.83 Å². The van der Waals surface area contributed by atoms with E-state index in [1.165, 1.54) is 12.1 Å². The fourth-order valence-electron chi connectivity index (χ4n) is 4.85. The van der Waals surface area contributed by atoms with Gasteiger partial charge >= 0.3 is 6.01 Å². The summed E-state index contributed by atoms with van der Waals surface area (Å²) in [7, 11) is 1.80. The second kappa shape index (κ2) is 9.84. The number of aromatic amines is 1. The molecular weight excluding hydrogens is 516 g/mol. The number of aromatic nitrogens is 5. The van der Waals surface area contributed by atoms with Crippen LogP contribution in [0.4, 0.5) is 14.5 Å². The molecule has 4 aliphatic rings. The van der Waals surface area contributed by atoms with Crippen molar-refractivity contribution in [2.75, 3.05) is 5.32 Å². The predicted octanol–water partition coefficient (Wildman–Crippen LogP) is 3.36. The Morgan fingerprint density at radius 2 is 2.05 bits per heavy atom. The quantitative estimate of drug-likeness (QED) is 0.378. The van der Waals surface area contributed by atoms with E-state index >= 15 is 4.39 Å². The molecule has 0 atom stereocenters. The number of halogens is 2. The summed E-state index contributed by atoms with van der Waals surface area (Å²) >= 11 is 0. The number of carbonyl (C=O) groups excluding carboxylic acids is 1. The minimum Gasteiger partial charge on any atom is -0.425 e. The first-order valence-corrected chi connectivity index (χ1v) is 12.4. The van der Waals surface area contributed by atoms with Crippen molar-refractivity contribution in [1.82, 2.24) is 24.5 Å². The van der Waals surface area contributed by atoms with E-state index in [4.69, 9.17) is 4.74 Å². The van der Waals surface area contributed by atoms with Crippen LogP contribution in [0.5, 0.6) is 6.01 Å². The zero-order valence-electron chi connectivity index (χ0n) is 21.6. The summed E-state index contributed by atoms with van der Waals surface area (Å²) in [6, 6.07) is 8.04. The molecule has 0 bridgehead atoms. The van der Waals surface area contributed by atoms with E-state index in [2.05, 4.69) is 36.8 Å². The zero-order valence-corrected chi connectivity index (χ0v) is 21.6. The second-order valence-corrected chi connectivity index (χ2v) is 9.36. The van der Waals surface area contributed by atoms with Crippen LogP contribution in [-0.2, 0) is 24.8 Å². The Hall–Kier alpha value is -5.19. The summed E-state index contributed by atoms with van der Waals surface area (Å²) in [5.41, 5.74) is 4.99. The molecule has 40 heavy (non-hydrogen) atoms. The minimum absolute atomic E-state index is 0.0998. The van der Waals surface area contributed by atoms with E-state index in [0.717, 1.165) is 33.3 Å². The molecule has 0 unspecified atom stereocenters. The number of allylic oxidation sites excluding steroid dienone is 2. The second-order valence-electron chi connectivity index (χ2n) is 9.36. The lowest BCUT2D eigenvalue weighted by molar-refractivity contribution is -0.114. The number of aryl methyl sites for hydroxylation is 1. The molecule has 0 spiro atoms. The van der Waals surface area contributed by atoms with Gasteiger partial charge in [-0.15, -0.1) is 0 Å². The van der Waals surface area contributed by atoms with E-state index in [1.54, 1.807) is 30.2 Å². The van der Waals surface area contributed by atoms with E-state index in [-0.39, 0.29) is 17.3 Å². The third kappa shape index (κ3) is 4.51. The van der Waals surface area contributed by atoms with Crippen molar-refractivity contribution in [3.05, 3.63) is 111 Å². The summed E-state index contributed by atoms with van der Waals surface area (Å²) in [6.07, 6.45) is 7.55. The molecule has 6 rings (SSSR count). The molecule has 0 fully saturated rings. The third-order valence-electron chi connectivity index (χ3n) is 6.77. The lowest BCUT2D eigenvalue weighted by atomic mass is 9.97. The Kier molecular flexibility index (Phi) is 6.18. The number of ether oxygens (including phenoxy) is 1. The molecule has 0 radical (unpaired) electrons. The van der Waals surface area contributed by atoms with Crippen LogP contribution in [0, 0.1) is 23.4 Å². The minimum atomic E-state index is -1.17. The lowest BCUT2D eigenvalue weighted by Gasteiger charge is -2.16. The first-order valence-electron chi connectivity index (χ1n) is 12.4. The smallest absolute Gasteiger partial charge is 0.322 e. The highest BCUT2D eigenvalue weighted by Crippen LogP contribution is 2.26. The van der Waals surface area contributed by atoms with Gasteiger partial charge in [-0.05, 0) is 72.2 Å². The topological polar surface area (TPSA) is 110 Å². The molecule has 1 aromatic carbocycles. The highest BCUT2D eigenvalue weighted by molar-refractivity contribution is 6.01. The largest absolute Gasteiger partial charge is 0.425 e. The van der Waals surface area contributed by atoms with Crippen molar-refractivity contribution in [2.45, 2.75) is 19.9 Å². The van der Waals surface area contributed by atoms with Crippen LogP contribution in [0.15, 0.2) is 72.1 Å². The maximum atomic E-state index is 15.6. The maximum absolute atomic E-state index is 15.6. The lowest BCUT2D eigenvalue weighted by Crippen LogP contribution is -2.20. The van der Waals surface area contributed by atoms with Gasteiger partial charge in [0.05, 0.1) is 23.8 Å². The van der Waals surface area contributed by atoms with Gasteiger partial charge in [-0.2, -0.15) is 0 Å². The van der Waals surface area contributed by atoms with Crippen LogP contribution in [-0.4, -0.2) is 30.4 Å². The van der Waals surface area contributed by atoms with Gasteiger partial charge in [0, 0.05) is 30.2 Å². The van der Waals surface area contributed by atoms with Crippen LogP contribution in [0.1, 0.15) is 16.8 Å². The number of hydrogen-bond acceptors (Lipinski definition) is 6. The van der Waals surface area contributed by atoms with E-state index in [0.29, 0.717) is 35.4 Å². The van der Waals surface area contributed by atoms with Crippen molar-refractivity contribution in [1.29, 1.82) is 0 Å². The number of amides is 1. The molecule has 1 aromatic heterocycles. The first-order chi connectivity index (χ1) is 19.3. The summed E-state index contributed by atoms with van der Waals surface area (Å²) in [5.74, 6) is -2.27. The van der Waals surface area contributed by atoms with Crippen molar-refractivity contribution in [3.8, 4) is 17.3 Å². The number of nitrogens with zero attached hydrogens (tertiary/aromatic N) is 5. The number of carbonyl (C=O) groups is 1. The van der Waals surface area contributed by atoms with Crippen LogP contribution >= 0.6 is 0 Å². The predicted molar refractivity (Wildman–Crippen MR) is 143 cm³/mol. The molecule has 11 heteroatoms. The fraction of sp³-hybridized carbons (Fsp3) is 0.138. The number of hydrogen-bond donors (Lipinski definition) is 2. The highest BCUT2D eigenvalue weighted by atomic mass is 19.1. The Bertz CT molecular complexity index is 2010. The fourth-order valence-corrected chi connectivity index (χ4v) is 4.85. The number of H-pyrrole nitrogens is 1. The van der Waals surface area contributed by atoms with Crippen LogP contribution in [0.3, 0.4) is 0 Å². The molecule has 200 valence electrons. The van der Waals surface area contributed by atoms with E-state index in [1.807, 2.05) is 25.1 Å². The summed E-state index contributed by atoms with van der Waals surface area (Å²) < 4.78 is 36.6. The molecule has 2 N–H and O–H groups in total. The number of benzene rings is 1. The Balaban J connectivity index is 1.58. The van der Waals surface area contributed by atoms with Crippen molar-refractivity contribution in [3.63, 3.8) is 0 Å². The summed E-state index contributed by atoms with van der Waals surface area (Å²) in [4.78, 5) is 32.6. The zero-order chi connectivity index (χ0) is 28.0. The van der Waals surface area contributed by atoms with Crippen LogP contribution in [0.25, 0.3) is 17.3 Å². The monoisotopic (exact) mass is 539 g/mol. The molecule has 0 saturated carbocycles. The highest BCUT2D eigenvalue weighted by Gasteiger charge is 2.19. The van der Waals surface area contributed by atoms with Gasteiger partial charge in [-0.3, -0.25) is 9.79 Å². The van der Waals surface area contributed by atoms with Gasteiger partial charge in [0.1, 0.15) is 22.5 Å². The SMILES string of the molecule is C=C(F)C(=O)Nc1ccc(-c2cc3c(c4c5c([nH]cnc=5n2C)=NC4)CC=C(Oc2nccc(C)n2)C=3)c(F)c1. The number of nitrogens with one attached hydrogen (secondary N) is 2. The van der Waals surface area contributed by atoms with E-state index in [9.17, 15) is 9.18 Å². The number of anilines is 1. The van der Waals surface area contributed by atoms with Gasteiger partial charge in [-0.1, -0.05) is 6.58 Å². The standard InChI is InChI=1S/C29H23F2N7O2/c1-15-8-9-32-29(36-15)40-19-5-7-20-17(10-19)11-24(21-6-4-18(12-23(21)31)37-28(39)16(2)30)38(3)27-25-22(20)13-33-26(25)34-14-35-27/h4-6,8-12,14H,2,7,13H2,1,3H3,(H,37,39)(H,33,34,35). The first kappa shape index (κ1) is 25.1. The molecule has 4 heterocycles. The van der Waals surface area contributed by atoms with Crippen LogP contribution in [0.2, 0.25) is 0 Å². The summed E-state index contributed by atoms with van der Waals surface area (Å²) in [5, 5.41) is 3.95. The molecule has 9 nitrogen and oxygen atoms in total. The molecular formula is C29H23F2N7O2. The van der Waals surface area contributed by atoms with Gasteiger partial charge in [0.25, 0.3) is 5.91 Å². The Morgan fingerprint density at radius 3 is 2.83 bits per heavy atom. The molecule has 1 amide bonds. The maximum Gasteiger partial charge on any atom is 0.322 e.